The van der Waals surface area contributed by atoms with Crippen LogP contribution in [0.15, 0.2) is 60.9 Å². The van der Waals surface area contributed by atoms with Crippen LogP contribution in [0.3, 0.4) is 0 Å². The summed E-state index contributed by atoms with van der Waals surface area (Å²) in [5.74, 6) is 0.195. The van der Waals surface area contributed by atoms with Gasteiger partial charge >= 0.3 is 5.97 Å². The summed E-state index contributed by atoms with van der Waals surface area (Å²) in [4.78, 5) is 32.5. The molecule has 8 heteroatoms. The number of amides is 1. The van der Waals surface area contributed by atoms with E-state index < -0.39 is 17.9 Å². The molecule has 0 aliphatic carbocycles. The van der Waals surface area contributed by atoms with E-state index in [0.29, 0.717) is 12.2 Å². The van der Waals surface area contributed by atoms with Gasteiger partial charge in [-0.1, -0.05) is 18.2 Å². The van der Waals surface area contributed by atoms with Crippen LogP contribution >= 0.6 is 0 Å². The summed E-state index contributed by atoms with van der Waals surface area (Å²) in [6.07, 6.45) is 7.07. The number of aliphatic carboxylic acids is 1. The molecule has 3 heterocycles. The highest BCUT2D eigenvalue weighted by molar-refractivity contribution is 5.96. The van der Waals surface area contributed by atoms with Crippen LogP contribution in [0.1, 0.15) is 40.0 Å². The van der Waals surface area contributed by atoms with Gasteiger partial charge < -0.3 is 20.5 Å². The van der Waals surface area contributed by atoms with Crippen molar-refractivity contribution in [3.8, 4) is 5.75 Å². The Morgan fingerprint density at radius 1 is 1.09 bits per heavy atom. The number of hydrogen-bond donors (Lipinski definition) is 3. The second-order valence-electron chi connectivity index (χ2n) is 8.24. The Labute approximate surface area is 198 Å². The quantitative estimate of drug-likeness (QED) is 0.398. The maximum absolute atomic E-state index is 12.3. The lowest BCUT2D eigenvalue weighted by atomic mass is 10.1. The van der Waals surface area contributed by atoms with Gasteiger partial charge in [0.25, 0.3) is 5.91 Å². The Hall–Kier alpha value is -3.94. The second kappa shape index (κ2) is 11.3. The standard InChI is InChI=1S/C26H28N4O4/c31-25(20-11-14-27-15-12-20)30-23(26(32)33)17-18-5-9-22(10-6-18)34-16-2-4-21-8-7-19-3-1-13-28-24(19)29-21/h5-12,14-15,23H,1-4,13,16-17H2,(H,28,29)(H,30,31)(H,32,33). The molecule has 1 aromatic carbocycles. The predicted octanol–water partition coefficient (Wildman–Crippen LogP) is 3.27. The molecule has 0 saturated heterocycles. The van der Waals surface area contributed by atoms with E-state index in [1.807, 2.05) is 24.3 Å². The number of ether oxygens (including phenoxy) is 1. The van der Waals surface area contributed by atoms with Crippen LogP contribution < -0.4 is 15.4 Å². The molecule has 3 N–H and O–H groups in total. The van der Waals surface area contributed by atoms with Crippen molar-refractivity contribution in [1.82, 2.24) is 15.3 Å². The van der Waals surface area contributed by atoms with Crippen LogP contribution in [0.5, 0.6) is 5.75 Å². The first kappa shape index (κ1) is 23.2. The average Bonchev–Trinajstić information content (AvgIpc) is 2.87. The molecule has 1 aliphatic heterocycles. The molecule has 3 aromatic rings. The molecule has 176 valence electrons. The van der Waals surface area contributed by atoms with Crippen molar-refractivity contribution in [2.24, 2.45) is 0 Å². The van der Waals surface area contributed by atoms with E-state index in [1.54, 1.807) is 12.1 Å². The van der Waals surface area contributed by atoms with Crippen molar-refractivity contribution >= 4 is 17.7 Å². The highest BCUT2D eigenvalue weighted by Gasteiger charge is 2.21. The third-order valence-electron chi connectivity index (χ3n) is 5.71. The highest BCUT2D eigenvalue weighted by atomic mass is 16.5. The van der Waals surface area contributed by atoms with Crippen LogP contribution in [-0.4, -0.2) is 46.1 Å². The van der Waals surface area contributed by atoms with E-state index in [-0.39, 0.29) is 6.42 Å². The maximum atomic E-state index is 12.3. The second-order valence-corrected chi connectivity index (χ2v) is 8.24. The average molecular weight is 461 g/mol. The van der Waals surface area contributed by atoms with Crippen LogP contribution in [0.25, 0.3) is 0 Å². The van der Waals surface area contributed by atoms with Gasteiger partial charge in [-0.25, -0.2) is 9.78 Å². The van der Waals surface area contributed by atoms with E-state index in [4.69, 9.17) is 9.72 Å². The molecule has 0 bridgehead atoms. The molecular weight excluding hydrogens is 432 g/mol. The number of pyridine rings is 2. The first-order valence-corrected chi connectivity index (χ1v) is 11.5. The van der Waals surface area contributed by atoms with Crippen molar-refractivity contribution in [2.75, 3.05) is 18.5 Å². The fourth-order valence-corrected chi connectivity index (χ4v) is 3.85. The lowest BCUT2D eigenvalue weighted by molar-refractivity contribution is -0.139. The number of aromatic nitrogens is 2. The van der Waals surface area contributed by atoms with Gasteiger partial charge in [0.05, 0.1) is 6.61 Å². The zero-order valence-electron chi connectivity index (χ0n) is 18.9. The Morgan fingerprint density at radius 3 is 2.65 bits per heavy atom. The van der Waals surface area contributed by atoms with Crippen LogP contribution in [0, 0.1) is 0 Å². The van der Waals surface area contributed by atoms with E-state index in [2.05, 4.69) is 27.8 Å². The fraction of sp³-hybridized carbons (Fsp3) is 0.308. The van der Waals surface area contributed by atoms with Gasteiger partial charge in [0.1, 0.15) is 17.6 Å². The molecule has 4 rings (SSSR count). The number of aryl methyl sites for hydroxylation is 2. The predicted molar refractivity (Wildman–Crippen MR) is 128 cm³/mol. The number of anilines is 1. The highest BCUT2D eigenvalue weighted by Crippen LogP contribution is 2.20. The summed E-state index contributed by atoms with van der Waals surface area (Å²) in [6.45, 7) is 1.54. The lowest BCUT2D eigenvalue weighted by Crippen LogP contribution is -2.42. The van der Waals surface area contributed by atoms with Crippen LogP contribution in [0.2, 0.25) is 0 Å². The number of nitrogens with zero attached hydrogens (tertiary/aromatic N) is 2. The molecule has 0 radical (unpaired) electrons. The minimum atomic E-state index is -1.09. The van der Waals surface area contributed by atoms with E-state index in [1.165, 1.54) is 18.0 Å². The Morgan fingerprint density at radius 2 is 1.88 bits per heavy atom. The SMILES string of the molecule is O=C(NC(Cc1ccc(OCCCc2ccc3c(n2)NCCC3)cc1)C(=O)O)c1ccncc1. The molecule has 2 aromatic heterocycles. The number of carboxylic acids is 1. The fourth-order valence-electron chi connectivity index (χ4n) is 3.85. The van der Waals surface area contributed by atoms with Crippen molar-refractivity contribution in [3.05, 3.63) is 83.3 Å². The zero-order valence-corrected chi connectivity index (χ0v) is 18.9. The molecule has 0 saturated carbocycles. The summed E-state index contributed by atoms with van der Waals surface area (Å²) in [6, 6.07) is 13.6. The lowest BCUT2D eigenvalue weighted by Gasteiger charge is -2.17. The normalized spacial score (nSPS) is 13.3. The largest absolute Gasteiger partial charge is 0.494 e. The van der Waals surface area contributed by atoms with Gasteiger partial charge in [-0.15, -0.1) is 0 Å². The van der Waals surface area contributed by atoms with Gasteiger partial charge in [-0.05, 0) is 67.1 Å². The van der Waals surface area contributed by atoms with E-state index in [0.717, 1.165) is 55.1 Å². The number of carbonyl (C=O) groups is 2. The first-order chi connectivity index (χ1) is 16.6. The molecule has 34 heavy (non-hydrogen) atoms. The van der Waals surface area contributed by atoms with Crippen LogP contribution in [-0.2, 0) is 24.1 Å². The Bertz CT molecular complexity index is 1120. The number of nitrogens with one attached hydrogen (secondary N) is 2. The summed E-state index contributed by atoms with van der Waals surface area (Å²) < 4.78 is 5.83. The van der Waals surface area contributed by atoms with Crippen molar-refractivity contribution in [2.45, 2.75) is 38.1 Å². The molecule has 1 aliphatic rings. The van der Waals surface area contributed by atoms with Gasteiger partial charge in [0, 0.05) is 36.6 Å². The number of benzene rings is 1. The summed E-state index contributed by atoms with van der Waals surface area (Å²) in [5, 5.41) is 15.4. The van der Waals surface area contributed by atoms with Crippen molar-refractivity contribution < 1.29 is 19.4 Å². The third-order valence-corrected chi connectivity index (χ3v) is 5.71. The number of hydrogen-bond acceptors (Lipinski definition) is 6. The topological polar surface area (TPSA) is 113 Å². The summed E-state index contributed by atoms with van der Waals surface area (Å²) in [5.41, 5.74) is 3.50. The Balaban J connectivity index is 1.24. The number of carbonyl (C=O) groups excluding carboxylic acids is 1. The number of carboxylic acid groups (broad SMARTS) is 1. The molecule has 1 amide bonds. The molecule has 0 fully saturated rings. The number of rotatable bonds is 10. The van der Waals surface area contributed by atoms with Crippen LogP contribution in [0.4, 0.5) is 5.82 Å². The Kier molecular flexibility index (Phi) is 7.70. The van der Waals surface area contributed by atoms with E-state index in [9.17, 15) is 14.7 Å². The van der Waals surface area contributed by atoms with E-state index >= 15 is 0 Å². The summed E-state index contributed by atoms with van der Waals surface area (Å²) >= 11 is 0. The smallest absolute Gasteiger partial charge is 0.326 e. The van der Waals surface area contributed by atoms with Gasteiger partial charge in [0.2, 0.25) is 0 Å². The minimum absolute atomic E-state index is 0.171. The molecule has 1 atom stereocenters. The third kappa shape index (κ3) is 6.31. The molecule has 8 nitrogen and oxygen atoms in total. The monoisotopic (exact) mass is 460 g/mol. The zero-order chi connectivity index (χ0) is 23.8. The molecule has 1 unspecified atom stereocenters. The van der Waals surface area contributed by atoms with Gasteiger partial charge in [-0.2, -0.15) is 0 Å². The molecule has 0 spiro atoms. The van der Waals surface area contributed by atoms with Crippen molar-refractivity contribution in [3.63, 3.8) is 0 Å². The first-order valence-electron chi connectivity index (χ1n) is 11.5. The van der Waals surface area contributed by atoms with Gasteiger partial charge in [0.15, 0.2) is 0 Å². The van der Waals surface area contributed by atoms with Crippen molar-refractivity contribution in [1.29, 1.82) is 0 Å². The minimum Gasteiger partial charge on any atom is -0.494 e. The number of fused-ring (bicyclic) bond motifs is 1. The van der Waals surface area contributed by atoms with Gasteiger partial charge in [-0.3, -0.25) is 9.78 Å². The maximum Gasteiger partial charge on any atom is 0.326 e. The summed E-state index contributed by atoms with van der Waals surface area (Å²) in [7, 11) is 0. The molecular formula is C26H28N4O4.